The van der Waals surface area contributed by atoms with Gasteiger partial charge in [-0.15, -0.1) is 0 Å². The third kappa shape index (κ3) is 5.70. The Bertz CT molecular complexity index is 660. The SMILES string of the molecule is CC(C)(C)NC(=O)OC1CC(=O)N(c2ccc(CN3CCCCC3)cc2)C1. The summed E-state index contributed by atoms with van der Waals surface area (Å²) < 4.78 is 5.41. The van der Waals surface area contributed by atoms with Crippen LogP contribution in [0, 0.1) is 0 Å². The molecular weight excluding hydrogens is 342 g/mol. The van der Waals surface area contributed by atoms with Crippen molar-refractivity contribution >= 4 is 17.7 Å². The zero-order chi connectivity index (χ0) is 19.4. The largest absolute Gasteiger partial charge is 0.444 e. The van der Waals surface area contributed by atoms with E-state index < -0.39 is 12.2 Å². The van der Waals surface area contributed by atoms with Crippen molar-refractivity contribution in [3.05, 3.63) is 29.8 Å². The summed E-state index contributed by atoms with van der Waals surface area (Å²) in [4.78, 5) is 28.5. The van der Waals surface area contributed by atoms with Crippen molar-refractivity contribution in [2.75, 3.05) is 24.5 Å². The standard InChI is InChI=1S/C21H31N3O3/c1-21(2,3)22-20(26)27-18-13-19(25)24(15-18)17-9-7-16(8-10-17)14-23-11-5-4-6-12-23/h7-10,18H,4-6,11-15H2,1-3H3,(H,22,26). The molecule has 1 aromatic carbocycles. The summed E-state index contributed by atoms with van der Waals surface area (Å²) >= 11 is 0. The first-order chi connectivity index (χ1) is 12.8. The molecule has 1 atom stereocenters. The summed E-state index contributed by atoms with van der Waals surface area (Å²) in [5.74, 6) is -0.00709. The Morgan fingerprint density at radius 3 is 2.44 bits per heavy atom. The number of ether oxygens (including phenoxy) is 1. The average Bonchev–Trinajstić information content (AvgIpc) is 2.95. The van der Waals surface area contributed by atoms with E-state index in [1.54, 1.807) is 4.90 Å². The third-order valence-electron chi connectivity index (χ3n) is 4.94. The molecule has 0 aromatic heterocycles. The van der Waals surface area contributed by atoms with E-state index in [0.717, 1.165) is 12.2 Å². The second-order valence-corrected chi connectivity index (χ2v) is 8.61. The first-order valence-corrected chi connectivity index (χ1v) is 9.91. The lowest BCUT2D eigenvalue weighted by Gasteiger charge is -2.26. The van der Waals surface area contributed by atoms with Crippen molar-refractivity contribution in [3.63, 3.8) is 0 Å². The molecule has 2 aliphatic rings. The molecule has 0 spiro atoms. The number of piperidine rings is 1. The topological polar surface area (TPSA) is 61.9 Å². The molecule has 6 nitrogen and oxygen atoms in total. The second-order valence-electron chi connectivity index (χ2n) is 8.61. The highest BCUT2D eigenvalue weighted by Gasteiger charge is 2.33. The van der Waals surface area contributed by atoms with Crippen LogP contribution in [-0.4, -0.2) is 48.2 Å². The van der Waals surface area contributed by atoms with Crippen LogP contribution in [0.5, 0.6) is 0 Å². The molecule has 148 valence electrons. The van der Waals surface area contributed by atoms with Gasteiger partial charge in [-0.3, -0.25) is 9.69 Å². The smallest absolute Gasteiger partial charge is 0.407 e. The summed E-state index contributed by atoms with van der Waals surface area (Å²) in [5, 5.41) is 2.77. The molecular formula is C21H31N3O3. The summed E-state index contributed by atoms with van der Waals surface area (Å²) in [6.07, 6.45) is 3.25. The van der Waals surface area contributed by atoms with Gasteiger partial charge in [0.15, 0.2) is 0 Å². The van der Waals surface area contributed by atoms with E-state index in [0.29, 0.717) is 6.54 Å². The van der Waals surface area contributed by atoms with Crippen LogP contribution in [0.3, 0.4) is 0 Å². The number of carbonyl (C=O) groups is 2. The molecule has 1 unspecified atom stereocenters. The van der Waals surface area contributed by atoms with Crippen LogP contribution in [0.15, 0.2) is 24.3 Å². The van der Waals surface area contributed by atoms with Gasteiger partial charge in [-0.2, -0.15) is 0 Å². The van der Waals surface area contributed by atoms with Crippen LogP contribution in [0.2, 0.25) is 0 Å². The Morgan fingerprint density at radius 2 is 1.81 bits per heavy atom. The van der Waals surface area contributed by atoms with Gasteiger partial charge in [0.1, 0.15) is 6.10 Å². The highest BCUT2D eigenvalue weighted by Crippen LogP contribution is 2.24. The number of nitrogens with one attached hydrogen (secondary N) is 1. The predicted molar refractivity (Wildman–Crippen MR) is 106 cm³/mol. The Hall–Kier alpha value is -2.08. The monoisotopic (exact) mass is 373 g/mol. The fourth-order valence-corrected chi connectivity index (χ4v) is 3.65. The quantitative estimate of drug-likeness (QED) is 0.880. The van der Waals surface area contributed by atoms with Crippen molar-refractivity contribution in [3.8, 4) is 0 Å². The van der Waals surface area contributed by atoms with Gasteiger partial charge in [-0.25, -0.2) is 4.79 Å². The van der Waals surface area contributed by atoms with Gasteiger partial charge in [0.25, 0.3) is 0 Å². The highest BCUT2D eigenvalue weighted by molar-refractivity contribution is 5.96. The number of nitrogens with zero attached hydrogens (tertiary/aromatic N) is 2. The number of rotatable bonds is 4. The molecule has 2 saturated heterocycles. The number of alkyl carbamates (subject to hydrolysis) is 1. The molecule has 6 heteroatoms. The van der Waals surface area contributed by atoms with Crippen molar-refractivity contribution in [2.24, 2.45) is 0 Å². The zero-order valence-electron chi connectivity index (χ0n) is 16.7. The van der Waals surface area contributed by atoms with Gasteiger partial charge < -0.3 is 15.0 Å². The number of anilines is 1. The lowest BCUT2D eigenvalue weighted by molar-refractivity contribution is -0.117. The minimum atomic E-state index is -0.473. The molecule has 3 rings (SSSR count). The fourth-order valence-electron chi connectivity index (χ4n) is 3.65. The van der Waals surface area contributed by atoms with E-state index in [-0.39, 0.29) is 17.9 Å². The summed E-state index contributed by atoms with van der Waals surface area (Å²) in [5.41, 5.74) is 1.78. The maximum Gasteiger partial charge on any atom is 0.407 e. The summed E-state index contributed by atoms with van der Waals surface area (Å²) in [6, 6.07) is 8.18. The normalized spacial score (nSPS) is 21.4. The number of amides is 2. The number of carbonyl (C=O) groups excluding carboxylic acids is 2. The molecule has 2 aliphatic heterocycles. The van der Waals surface area contributed by atoms with Gasteiger partial charge in [-0.1, -0.05) is 18.6 Å². The van der Waals surface area contributed by atoms with E-state index in [9.17, 15) is 9.59 Å². The number of benzene rings is 1. The maximum absolute atomic E-state index is 12.4. The summed E-state index contributed by atoms with van der Waals surface area (Å²) in [7, 11) is 0. The van der Waals surface area contributed by atoms with Gasteiger partial charge in [-0.05, 0) is 64.4 Å². The lowest BCUT2D eigenvalue weighted by Crippen LogP contribution is -2.42. The van der Waals surface area contributed by atoms with Crippen LogP contribution in [0.1, 0.15) is 52.0 Å². The minimum Gasteiger partial charge on any atom is -0.444 e. The number of hydrogen-bond donors (Lipinski definition) is 1. The number of likely N-dealkylation sites (tertiary alicyclic amines) is 1. The fraction of sp³-hybridized carbons (Fsp3) is 0.619. The molecule has 0 bridgehead atoms. The van der Waals surface area contributed by atoms with Gasteiger partial charge in [0.2, 0.25) is 5.91 Å². The summed E-state index contributed by atoms with van der Waals surface area (Å²) in [6.45, 7) is 9.39. The van der Waals surface area contributed by atoms with Crippen LogP contribution >= 0.6 is 0 Å². The zero-order valence-corrected chi connectivity index (χ0v) is 16.7. The molecule has 0 radical (unpaired) electrons. The molecule has 0 aliphatic carbocycles. The van der Waals surface area contributed by atoms with Crippen molar-refractivity contribution < 1.29 is 14.3 Å². The Balaban J connectivity index is 1.54. The second kappa shape index (κ2) is 8.30. The molecule has 2 amide bonds. The minimum absolute atomic E-state index is 0.00709. The van der Waals surface area contributed by atoms with E-state index in [4.69, 9.17) is 4.74 Å². The van der Waals surface area contributed by atoms with Crippen molar-refractivity contribution in [2.45, 2.75) is 64.6 Å². The Labute approximate surface area is 161 Å². The average molecular weight is 373 g/mol. The van der Waals surface area contributed by atoms with Gasteiger partial charge in [0, 0.05) is 17.8 Å². The highest BCUT2D eigenvalue weighted by atomic mass is 16.6. The van der Waals surface area contributed by atoms with E-state index in [1.807, 2.05) is 32.9 Å². The van der Waals surface area contributed by atoms with Gasteiger partial charge in [0.05, 0.1) is 13.0 Å². The molecule has 27 heavy (non-hydrogen) atoms. The predicted octanol–water partition coefficient (Wildman–Crippen LogP) is 3.30. The van der Waals surface area contributed by atoms with E-state index in [1.165, 1.54) is 37.9 Å². The van der Waals surface area contributed by atoms with Crippen LogP contribution < -0.4 is 10.2 Å². The van der Waals surface area contributed by atoms with Crippen molar-refractivity contribution in [1.29, 1.82) is 0 Å². The van der Waals surface area contributed by atoms with Crippen LogP contribution in [-0.2, 0) is 16.1 Å². The molecule has 2 heterocycles. The first kappa shape index (κ1) is 19.7. The third-order valence-corrected chi connectivity index (χ3v) is 4.94. The molecule has 0 saturated carbocycles. The van der Waals surface area contributed by atoms with E-state index in [2.05, 4.69) is 22.3 Å². The molecule has 1 N–H and O–H groups in total. The number of hydrogen-bond acceptors (Lipinski definition) is 4. The van der Waals surface area contributed by atoms with Crippen LogP contribution in [0.4, 0.5) is 10.5 Å². The lowest BCUT2D eigenvalue weighted by atomic mass is 10.1. The Kier molecular flexibility index (Phi) is 6.05. The van der Waals surface area contributed by atoms with Crippen molar-refractivity contribution in [1.82, 2.24) is 10.2 Å². The van der Waals surface area contributed by atoms with Crippen LogP contribution in [0.25, 0.3) is 0 Å². The Morgan fingerprint density at radius 1 is 1.15 bits per heavy atom. The van der Waals surface area contributed by atoms with E-state index >= 15 is 0 Å². The maximum atomic E-state index is 12.4. The molecule has 2 fully saturated rings. The van der Waals surface area contributed by atoms with Gasteiger partial charge >= 0.3 is 6.09 Å². The molecule has 1 aromatic rings. The first-order valence-electron chi connectivity index (χ1n) is 9.91.